The average Bonchev–Trinajstić information content (AvgIpc) is 2.26. The third kappa shape index (κ3) is 3.21. The van der Waals surface area contributed by atoms with Gasteiger partial charge >= 0.3 is 0 Å². The molecule has 0 bridgehead atoms. The summed E-state index contributed by atoms with van der Waals surface area (Å²) in [5, 5.41) is 3.51. The van der Waals surface area contributed by atoms with Crippen LogP contribution in [-0.2, 0) is 0 Å². The van der Waals surface area contributed by atoms with Crippen LogP contribution in [-0.4, -0.2) is 37.1 Å². The zero-order chi connectivity index (χ0) is 12.3. The predicted molar refractivity (Wildman–Crippen MR) is 71.8 cm³/mol. The maximum atomic E-state index is 3.51. The lowest BCUT2D eigenvalue weighted by Gasteiger charge is -2.46. The Morgan fingerprint density at radius 2 is 2.06 bits per heavy atom. The highest BCUT2D eigenvalue weighted by Crippen LogP contribution is 2.37. The Morgan fingerprint density at radius 1 is 1.44 bits per heavy atom. The fourth-order valence-corrected chi connectivity index (χ4v) is 2.93. The van der Waals surface area contributed by atoms with E-state index in [-0.39, 0.29) is 0 Å². The van der Waals surface area contributed by atoms with Crippen LogP contribution in [0.2, 0.25) is 0 Å². The average molecular weight is 226 g/mol. The van der Waals surface area contributed by atoms with E-state index in [9.17, 15) is 0 Å². The summed E-state index contributed by atoms with van der Waals surface area (Å²) >= 11 is 0. The van der Waals surface area contributed by atoms with Gasteiger partial charge in [-0.25, -0.2) is 0 Å². The molecule has 16 heavy (non-hydrogen) atoms. The molecule has 1 fully saturated rings. The molecule has 1 rings (SSSR count). The Hall–Kier alpha value is -0.0800. The summed E-state index contributed by atoms with van der Waals surface area (Å²) in [6.07, 6.45) is 5.22. The van der Waals surface area contributed by atoms with Crippen molar-refractivity contribution in [1.29, 1.82) is 0 Å². The van der Waals surface area contributed by atoms with Crippen LogP contribution < -0.4 is 5.32 Å². The Kier molecular flexibility index (Phi) is 4.81. The van der Waals surface area contributed by atoms with Crippen LogP contribution in [0.4, 0.5) is 0 Å². The molecule has 0 radical (unpaired) electrons. The van der Waals surface area contributed by atoms with Crippen LogP contribution in [0, 0.1) is 5.41 Å². The summed E-state index contributed by atoms with van der Waals surface area (Å²) in [7, 11) is 4.41. The van der Waals surface area contributed by atoms with Crippen LogP contribution in [0.5, 0.6) is 0 Å². The summed E-state index contributed by atoms with van der Waals surface area (Å²) in [5.74, 6) is 0. The minimum atomic E-state index is 0.514. The second-order valence-corrected chi connectivity index (χ2v) is 6.29. The van der Waals surface area contributed by atoms with Gasteiger partial charge in [0.1, 0.15) is 0 Å². The first kappa shape index (κ1) is 14.0. The Morgan fingerprint density at radius 3 is 2.56 bits per heavy atom. The van der Waals surface area contributed by atoms with E-state index < -0.39 is 0 Å². The molecule has 2 nitrogen and oxygen atoms in total. The first-order chi connectivity index (χ1) is 7.41. The highest BCUT2D eigenvalue weighted by atomic mass is 15.2. The third-order valence-corrected chi connectivity index (χ3v) is 4.54. The van der Waals surface area contributed by atoms with E-state index in [1.54, 1.807) is 0 Å². The van der Waals surface area contributed by atoms with Crippen LogP contribution in [0.1, 0.15) is 53.4 Å². The number of hydrogen-bond acceptors (Lipinski definition) is 2. The summed E-state index contributed by atoms with van der Waals surface area (Å²) in [4.78, 5) is 2.59. The number of rotatable bonds is 4. The largest absolute Gasteiger partial charge is 0.315 e. The highest BCUT2D eigenvalue weighted by Gasteiger charge is 2.37. The van der Waals surface area contributed by atoms with Gasteiger partial charge < -0.3 is 5.32 Å². The molecular formula is C14H30N2. The van der Waals surface area contributed by atoms with Gasteiger partial charge in [0, 0.05) is 18.1 Å². The molecule has 0 heterocycles. The molecule has 0 aliphatic heterocycles. The zero-order valence-corrected chi connectivity index (χ0v) is 12.0. The number of hydrogen-bond donors (Lipinski definition) is 1. The molecule has 0 amide bonds. The van der Waals surface area contributed by atoms with E-state index in [1.807, 2.05) is 0 Å². The van der Waals surface area contributed by atoms with Gasteiger partial charge in [0.2, 0.25) is 0 Å². The molecule has 0 aromatic carbocycles. The Labute approximate surface area is 102 Å². The van der Waals surface area contributed by atoms with Crippen molar-refractivity contribution in [2.75, 3.05) is 14.1 Å². The second-order valence-electron chi connectivity index (χ2n) is 6.29. The highest BCUT2D eigenvalue weighted by molar-refractivity contribution is 4.94. The quantitative estimate of drug-likeness (QED) is 0.793. The van der Waals surface area contributed by atoms with Crippen molar-refractivity contribution in [2.24, 2.45) is 5.41 Å². The van der Waals surface area contributed by atoms with Crippen molar-refractivity contribution in [1.82, 2.24) is 10.2 Å². The van der Waals surface area contributed by atoms with Crippen LogP contribution in [0.25, 0.3) is 0 Å². The lowest BCUT2D eigenvalue weighted by atomic mass is 9.72. The van der Waals surface area contributed by atoms with E-state index in [1.165, 1.54) is 25.7 Å². The van der Waals surface area contributed by atoms with Crippen LogP contribution in [0.3, 0.4) is 0 Å². The SMILES string of the molecule is CCC(C)N(C)C1CC(C)(C)CCC1NC. The molecule has 3 unspecified atom stereocenters. The van der Waals surface area contributed by atoms with Crippen molar-refractivity contribution in [3.8, 4) is 0 Å². The molecule has 0 saturated heterocycles. The maximum Gasteiger partial charge on any atom is 0.0254 e. The zero-order valence-electron chi connectivity index (χ0n) is 12.0. The first-order valence-corrected chi connectivity index (χ1v) is 6.80. The normalized spacial score (nSPS) is 31.7. The molecule has 2 heteroatoms. The Bertz CT molecular complexity index is 213. The monoisotopic (exact) mass is 226 g/mol. The smallest absolute Gasteiger partial charge is 0.0254 e. The lowest BCUT2D eigenvalue weighted by Crippen LogP contribution is -2.54. The van der Waals surface area contributed by atoms with Gasteiger partial charge in [-0.2, -0.15) is 0 Å². The number of nitrogens with one attached hydrogen (secondary N) is 1. The van der Waals surface area contributed by atoms with Crippen molar-refractivity contribution < 1.29 is 0 Å². The molecule has 1 aliphatic rings. The predicted octanol–water partition coefficient (Wildman–Crippen LogP) is 2.88. The summed E-state index contributed by atoms with van der Waals surface area (Å²) < 4.78 is 0. The van der Waals surface area contributed by atoms with Gasteiger partial charge in [0.25, 0.3) is 0 Å². The van der Waals surface area contributed by atoms with Gasteiger partial charge in [0.05, 0.1) is 0 Å². The summed E-state index contributed by atoms with van der Waals surface area (Å²) in [6.45, 7) is 9.45. The van der Waals surface area contributed by atoms with Gasteiger partial charge in [0.15, 0.2) is 0 Å². The fourth-order valence-electron chi connectivity index (χ4n) is 2.93. The van der Waals surface area contributed by atoms with Crippen molar-refractivity contribution in [3.63, 3.8) is 0 Å². The van der Waals surface area contributed by atoms with Gasteiger partial charge in [-0.05, 0) is 52.1 Å². The van der Waals surface area contributed by atoms with Crippen molar-refractivity contribution >= 4 is 0 Å². The van der Waals surface area contributed by atoms with Crippen molar-refractivity contribution in [3.05, 3.63) is 0 Å². The van der Waals surface area contributed by atoms with Crippen LogP contribution >= 0.6 is 0 Å². The third-order valence-electron chi connectivity index (χ3n) is 4.54. The molecule has 96 valence electrons. The van der Waals surface area contributed by atoms with E-state index in [2.05, 4.69) is 52.0 Å². The summed E-state index contributed by atoms with van der Waals surface area (Å²) in [5.41, 5.74) is 0.514. The molecule has 0 aromatic rings. The molecule has 3 atom stereocenters. The minimum absolute atomic E-state index is 0.514. The minimum Gasteiger partial charge on any atom is -0.315 e. The number of likely N-dealkylation sites (N-methyl/N-ethyl adjacent to an activating group) is 2. The molecule has 1 N–H and O–H groups in total. The molecule has 0 aromatic heterocycles. The lowest BCUT2D eigenvalue weighted by molar-refractivity contribution is 0.0609. The van der Waals surface area contributed by atoms with Crippen molar-refractivity contribution in [2.45, 2.75) is 71.5 Å². The van der Waals surface area contributed by atoms with Gasteiger partial charge in [-0.15, -0.1) is 0 Å². The van der Waals surface area contributed by atoms with E-state index in [0.717, 1.165) is 0 Å². The fraction of sp³-hybridized carbons (Fsp3) is 1.00. The molecule has 0 spiro atoms. The standard InChI is InChI=1S/C14H30N2/c1-7-11(2)16(6)13-10-14(3,4)9-8-12(13)15-5/h11-13,15H,7-10H2,1-6H3. The topological polar surface area (TPSA) is 15.3 Å². The van der Waals surface area contributed by atoms with E-state index >= 15 is 0 Å². The Balaban J connectivity index is 2.71. The molecule has 1 aliphatic carbocycles. The van der Waals surface area contributed by atoms with E-state index in [0.29, 0.717) is 23.5 Å². The maximum absolute atomic E-state index is 3.51. The molecular weight excluding hydrogens is 196 g/mol. The summed E-state index contributed by atoms with van der Waals surface area (Å²) in [6, 6.07) is 2.06. The number of nitrogens with zero attached hydrogens (tertiary/aromatic N) is 1. The van der Waals surface area contributed by atoms with E-state index in [4.69, 9.17) is 0 Å². The second kappa shape index (κ2) is 5.50. The van der Waals surface area contributed by atoms with Crippen LogP contribution in [0.15, 0.2) is 0 Å². The van der Waals surface area contributed by atoms with Gasteiger partial charge in [-0.3, -0.25) is 4.90 Å². The van der Waals surface area contributed by atoms with Gasteiger partial charge in [-0.1, -0.05) is 20.8 Å². The molecule has 1 saturated carbocycles. The first-order valence-electron chi connectivity index (χ1n) is 6.80.